The summed E-state index contributed by atoms with van der Waals surface area (Å²) in [7, 11) is 0. The molecule has 144 valence electrons. The second kappa shape index (κ2) is 7.31. The molecule has 0 N–H and O–H groups in total. The summed E-state index contributed by atoms with van der Waals surface area (Å²) in [5, 5.41) is 3.98. The topological polar surface area (TPSA) is 58.8 Å². The van der Waals surface area contributed by atoms with Crippen LogP contribution in [0.4, 0.5) is 0 Å². The van der Waals surface area contributed by atoms with Gasteiger partial charge in [0.25, 0.3) is 0 Å². The fourth-order valence-corrected chi connectivity index (χ4v) is 4.68. The molecule has 4 rings (SSSR count). The van der Waals surface area contributed by atoms with Gasteiger partial charge >= 0.3 is 0 Å². The van der Waals surface area contributed by atoms with Gasteiger partial charge in [-0.25, -0.2) is 0 Å². The molecule has 1 aromatic heterocycles. The average molecular weight is 361 g/mol. The van der Waals surface area contributed by atoms with Crippen LogP contribution in [0.25, 0.3) is 0 Å². The normalized spacial score (nSPS) is 27.2. The van der Waals surface area contributed by atoms with Crippen molar-refractivity contribution >= 4 is 5.91 Å². The van der Waals surface area contributed by atoms with Crippen LogP contribution in [0.15, 0.2) is 4.52 Å². The van der Waals surface area contributed by atoms with Gasteiger partial charge in [-0.15, -0.1) is 0 Å². The zero-order chi connectivity index (χ0) is 18.1. The zero-order valence-electron chi connectivity index (χ0n) is 16.1. The van der Waals surface area contributed by atoms with Crippen LogP contribution < -0.4 is 0 Å². The number of aryl methyl sites for hydroxylation is 2. The molecular formula is C20H31N3O3. The van der Waals surface area contributed by atoms with Crippen molar-refractivity contribution in [2.24, 2.45) is 5.92 Å². The van der Waals surface area contributed by atoms with E-state index in [1.165, 1.54) is 25.8 Å². The van der Waals surface area contributed by atoms with E-state index in [2.05, 4.69) is 10.1 Å². The summed E-state index contributed by atoms with van der Waals surface area (Å²) in [4.78, 5) is 17.4. The van der Waals surface area contributed by atoms with Crippen molar-refractivity contribution in [3.8, 4) is 0 Å². The monoisotopic (exact) mass is 361 g/mol. The van der Waals surface area contributed by atoms with Gasteiger partial charge in [0, 0.05) is 38.2 Å². The minimum absolute atomic E-state index is 0.138. The number of carbonyl (C=O) groups excluding carboxylic acids is 1. The first-order valence-electron chi connectivity index (χ1n) is 10.1. The molecule has 1 atom stereocenters. The third-order valence-corrected chi connectivity index (χ3v) is 6.51. The summed E-state index contributed by atoms with van der Waals surface area (Å²) in [6.07, 6.45) is 6.44. The van der Waals surface area contributed by atoms with Gasteiger partial charge in [-0.05, 0) is 45.4 Å². The molecule has 3 heterocycles. The number of likely N-dealkylation sites (tertiary alicyclic amines) is 1. The summed E-state index contributed by atoms with van der Waals surface area (Å²) in [6.45, 7) is 9.28. The van der Waals surface area contributed by atoms with E-state index in [1.54, 1.807) is 0 Å². The van der Waals surface area contributed by atoms with Gasteiger partial charge in [-0.2, -0.15) is 0 Å². The fourth-order valence-electron chi connectivity index (χ4n) is 4.68. The van der Waals surface area contributed by atoms with E-state index in [0.29, 0.717) is 26.0 Å². The van der Waals surface area contributed by atoms with E-state index in [9.17, 15) is 4.79 Å². The smallest absolute Gasteiger partial charge is 0.223 e. The molecule has 3 aliphatic rings. The highest BCUT2D eigenvalue weighted by Gasteiger charge is 2.44. The molecule has 2 aliphatic heterocycles. The second-order valence-electron chi connectivity index (χ2n) is 8.43. The Morgan fingerprint density at radius 1 is 1.27 bits per heavy atom. The number of aromatic nitrogens is 1. The highest BCUT2D eigenvalue weighted by Crippen LogP contribution is 2.33. The molecule has 6 heteroatoms. The van der Waals surface area contributed by atoms with Gasteiger partial charge in [-0.3, -0.25) is 4.79 Å². The second-order valence-corrected chi connectivity index (χ2v) is 8.43. The molecule has 1 amide bonds. The number of hydrogen-bond acceptors (Lipinski definition) is 5. The zero-order valence-corrected chi connectivity index (χ0v) is 16.1. The van der Waals surface area contributed by atoms with Crippen LogP contribution in [0.3, 0.4) is 0 Å². The molecule has 1 aliphatic carbocycles. The quantitative estimate of drug-likeness (QED) is 0.806. The lowest BCUT2D eigenvalue weighted by Gasteiger charge is -2.41. The Kier molecular flexibility index (Phi) is 5.06. The van der Waals surface area contributed by atoms with Crippen LogP contribution in [0.1, 0.15) is 49.1 Å². The van der Waals surface area contributed by atoms with E-state index in [1.807, 2.05) is 18.7 Å². The molecule has 0 radical (unpaired) electrons. The first-order valence-corrected chi connectivity index (χ1v) is 10.1. The molecule has 1 spiro atoms. The lowest BCUT2D eigenvalue weighted by Crippen LogP contribution is -2.55. The Morgan fingerprint density at radius 3 is 2.81 bits per heavy atom. The molecule has 0 bridgehead atoms. The van der Waals surface area contributed by atoms with Crippen molar-refractivity contribution in [1.29, 1.82) is 0 Å². The summed E-state index contributed by atoms with van der Waals surface area (Å²) >= 11 is 0. The van der Waals surface area contributed by atoms with Gasteiger partial charge in [0.05, 0.1) is 24.4 Å². The van der Waals surface area contributed by atoms with Crippen LogP contribution in [0.2, 0.25) is 0 Å². The van der Waals surface area contributed by atoms with E-state index in [-0.39, 0.29) is 11.5 Å². The van der Waals surface area contributed by atoms with Gasteiger partial charge in [-0.1, -0.05) is 11.6 Å². The third kappa shape index (κ3) is 3.67. The highest BCUT2D eigenvalue weighted by molar-refractivity contribution is 5.76. The molecule has 3 fully saturated rings. The van der Waals surface area contributed by atoms with E-state index >= 15 is 0 Å². The van der Waals surface area contributed by atoms with Crippen molar-refractivity contribution < 1.29 is 14.1 Å². The maximum atomic E-state index is 12.8. The van der Waals surface area contributed by atoms with E-state index in [0.717, 1.165) is 49.0 Å². The van der Waals surface area contributed by atoms with Gasteiger partial charge in [0.15, 0.2) is 0 Å². The third-order valence-electron chi connectivity index (χ3n) is 6.51. The van der Waals surface area contributed by atoms with Gasteiger partial charge < -0.3 is 19.1 Å². The summed E-state index contributed by atoms with van der Waals surface area (Å²) < 4.78 is 11.4. The van der Waals surface area contributed by atoms with Crippen molar-refractivity contribution in [1.82, 2.24) is 15.0 Å². The number of rotatable bonds is 5. The number of hydrogen-bond donors (Lipinski definition) is 0. The van der Waals surface area contributed by atoms with Crippen molar-refractivity contribution in [2.75, 3.05) is 39.3 Å². The van der Waals surface area contributed by atoms with E-state index in [4.69, 9.17) is 9.26 Å². The van der Waals surface area contributed by atoms with Gasteiger partial charge in [0.2, 0.25) is 5.91 Å². The molecule has 1 unspecified atom stereocenters. The number of nitrogens with zero attached hydrogens (tertiary/aromatic N) is 3. The van der Waals surface area contributed by atoms with Crippen LogP contribution >= 0.6 is 0 Å². The average Bonchev–Trinajstić information content (AvgIpc) is 3.12. The van der Waals surface area contributed by atoms with Crippen molar-refractivity contribution in [2.45, 2.75) is 58.0 Å². The number of amides is 1. The molecule has 1 aromatic rings. The lowest BCUT2D eigenvalue weighted by atomic mass is 9.85. The molecule has 1 saturated carbocycles. The predicted molar refractivity (Wildman–Crippen MR) is 98.0 cm³/mol. The Labute approximate surface area is 155 Å². The Morgan fingerprint density at radius 2 is 2.12 bits per heavy atom. The fraction of sp³-hybridized carbons (Fsp3) is 0.800. The van der Waals surface area contributed by atoms with Gasteiger partial charge in [0.1, 0.15) is 5.76 Å². The predicted octanol–water partition coefficient (Wildman–Crippen LogP) is 2.33. The van der Waals surface area contributed by atoms with Crippen LogP contribution in [0.5, 0.6) is 0 Å². The molecule has 6 nitrogen and oxygen atoms in total. The standard InChI is InChI=1S/C20H31N3O3/c1-15-18(16(2)26-21-15)6-7-19(24)23-10-11-25-20(14-23)8-9-22(13-20)12-17-4-3-5-17/h17H,3-14H2,1-2H3. The van der Waals surface area contributed by atoms with Crippen LogP contribution in [-0.4, -0.2) is 65.8 Å². The Balaban J connectivity index is 1.31. The largest absolute Gasteiger partial charge is 0.370 e. The maximum Gasteiger partial charge on any atom is 0.223 e. The van der Waals surface area contributed by atoms with Crippen molar-refractivity contribution in [3.63, 3.8) is 0 Å². The summed E-state index contributed by atoms with van der Waals surface area (Å²) in [5.74, 6) is 1.95. The molecule has 26 heavy (non-hydrogen) atoms. The first-order chi connectivity index (χ1) is 12.5. The molecular weight excluding hydrogens is 330 g/mol. The number of morpholine rings is 1. The van der Waals surface area contributed by atoms with E-state index < -0.39 is 0 Å². The summed E-state index contributed by atoms with van der Waals surface area (Å²) in [5.41, 5.74) is 1.84. The molecule has 2 saturated heterocycles. The van der Waals surface area contributed by atoms with Crippen molar-refractivity contribution in [3.05, 3.63) is 17.0 Å². The summed E-state index contributed by atoms with van der Waals surface area (Å²) in [6, 6.07) is 0. The lowest BCUT2D eigenvalue weighted by molar-refractivity contribution is -0.148. The number of ether oxygens (including phenoxy) is 1. The first kappa shape index (κ1) is 18.0. The number of carbonyl (C=O) groups is 1. The minimum Gasteiger partial charge on any atom is -0.370 e. The van der Waals surface area contributed by atoms with Crippen LogP contribution in [-0.2, 0) is 16.0 Å². The highest BCUT2D eigenvalue weighted by atomic mass is 16.5. The SMILES string of the molecule is Cc1noc(C)c1CCC(=O)N1CCOC2(CCN(CC3CCC3)C2)C1. The molecule has 0 aromatic carbocycles. The Bertz CT molecular complexity index is 635. The maximum absolute atomic E-state index is 12.8. The minimum atomic E-state index is -0.138. The van der Waals surface area contributed by atoms with Crippen LogP contribution in [0, 0.1) is 19.8 Å². The Hall–Kier alpha value is -1.40.